The average Bonchev–Trinajstić information content (AvgIpc) is 2.16. The number of nitro groups is 1. The van der Waals surface area contributed by atoms with Crippen molar-refractivity contribution in [2.75, 3.05) is 7.11 Å². The van der Waals surface area contributed by atoms with Crippen molar-refractivity contribution >= 4 is 21.6 Å². The molecule has 0 saturated heterocycles. The fraction of sp³-hybridized carbons (Fsp3) is 0.250. The number of ether oxygens (including phenoxy) is 1. The number of rotatable bonds is 3. The molecule has 6 heteroatoms. The van der Waals surface area contributed by atoms with Gasteiger partial charge in [0.05, 0.1) is 18.1 Å². The Balaban J connectivity index is 3.31. The Morgan fingerprint density at radius 1 is 1.64 bits per heavy atom. The summed E-state index contributed by atoms with van der Waals surface area (Å²) in [5.74, 6) is 0.425. The molecule has 0 saturated carbocycles. The molecule has 0 fully saturated rings. The maximum Gasteiger partial charge on any atom is 0.274 e. The number of non-ortho nitro benzene ring substituents is 1. The molecule has 0 aliphatic rings. The van der Waals surface area contributed by atoms with Crippen molar-refractivity contribution < 1.29 is 9.66 Å². The van der Waals surface area contributed by atoms with Gasteiger partial charge < -0.3 is 10.5 Å². The van der Waals surface area contributed by atoms with Crippen LogP contribution in [0.5, 0.6) is 5.75 Å². The van der Waals surface area contributed by atoms with Gasteiger partial charge in [0, 0.05) is 22.6 Å². The first-order chi connectivity index (χ1) is 6.60. The molecular formula is C8H9BrN2O3. The molecule has 0 unspecified atom stereocenters. The molecule has 2 N–H and O–H groups in total. The monoisotopic (exact) mass is 260 g/mol. The minimum absolute atomic E-state index is 0.0223. The van der Waals surface area contributed by atoms with Gasteiger partial charge in [-0.25, -0.2) is 0 Å². The molecule has 0 aliphatic heterocycles. The molecule has 0 aromatic heterocycles. The average molecular weight is 261 g/mol. The maximum atomic E-state index is 10.5. The highest BCUT2D eigenvalue weighted by atomic mass is 79.9. The Hall–Kier alpha value is -1.14. The fourth-order valence-electron chi connectivity index (χ4n) is 1.08. The molecular weight excluding hydrogens is 252 g/mol. The summed E-state index contributed by atoms with van der Waals surface area (Å²) in [4.78, 5) is 10.0. The van der Waals surface area contributed by atoms with Gasteiger partial charge in [-0.3, -0.25) is 10.1 Å². The molecule has 0 atom stereocenters. The maximum absolute atomic E-state index is 10.5. The number of hydrogen-bond acceptors (Lipinski definition) is 4. The van der Waals surface area contributed by atoms with E-state index in [0.29, 0.717) is 10.2 Å². The highest BCUT2D eigenvalue weighted by molar-refractivity contribution is 9.10. The zero-order valence-electron chi connectivity index (χ0n) is 7.49. The second-order valence-corrected chi connectivity index (χ2v) is 3.42. The predicted octanol–water partition coefficient (Wildman–Crippen LogP) is 1.82. The summed E-state index contributed by atoms with van der Waals surface area (Å²) < 4.78 is 5.58. The molecule has 0 heterocycles. The van der Waals surface area contributed by atoms with E-state index in [1.807, 2.05) is 0 Å². The van der Waals surface area contributed by atoms with Gasteiger partial charge in [-0.2, -0.15) is 0 Å². The molecule has 1 aromatic carbocycles. The number of halogens is 1. The van der Waals surface area contributed by atoms with Gasteiger partial charge in [-0.1, -0.05) is 15.9 Å². The quantitative estimate of drug-likeness (QED) is 0.664. The Kier molecular flexibility index (Phi) is 3.43. The van der Waals surface area contributed by atoms with E-state index in [2.05, 4.69) is 15.9 Å². The molecule has 0 amide bonds. The number of nitrogens with zero attached hydrogens (tertiary/aromatic N) is 1. The number of methoxy groups -OCH3 is 1. The van der Waals surface area contributed by atoms with E-state index in [1.165, 1.54) is 19.2 Å². The van der Waals surface area contributed by atoms with Crippen molar-refractivity contribution in [2.45, 2.75) is 6.54 Å². The number of nitrogens with two attached hydrogens (primary N) is 1. The van der Waals surface area contributed by atoms with Crippen LogP contribution in [-0.2, 0) is 6.54 Å². The van der Waals surface area contributed by atoms with Crippen LogP contribution in [0.1, 0.15) is 5.56 Å². The second-order valence-electron chi connectivity index (χ2n) is 2.57. The van der Waals surface area contributed by atoms with Gasteiger partial charge in [0.1, 0.15) is 5.75 Å². The lowest BCUT2D eigenvalue weighted by molar-refractivity contribution is -0.385. The van der Waals surface area contributed by atoms with Gasteiger partial charge in [-0.15, -0.1) is 0 Å². The van der Waals surface area contributed by atoms with Crippen molar-refractivity contribution in [1.29, 1.82) is 0 Å². The van der Waals surface area contributed by atoms with Crippen molar-refractivity contribution in [3.05, 3.63) is 32.3 Å². The fourth-order valence-corrected chi connectivity index (χ4v) is 1.68. The third-order valence-electron chi connectivity index (χ3n) is 1.77. The number of benzene rings is 1. The summed E-state index contributed by atoms with van der Waals surface area (Å²) >= 11 is 3.20. The molecule has 1 aromatic rings. The molecule has 14 heavy (non-hydrogen) atoms. The number of nitro benzene ring substituents is 1. The normalized spacial score (nSPS) is 9.93. The van der Waals surface area contributed by atoms with Crippen LogP contribution < -0.4 is 10.5 Å². The third-order valence-corrected chi connectivity index (χ3v) is 2.48. The Morgan fingerprint density at radius 2 is 2.29 bits per heavy atom. The van der Waals surface area contributed by atoms with Crippen LogP contribution in [0, 0.1) is 10.1 Å². The summed E-state index contributed by atoms with van der Waals surface area (Å²) in [6, 6.07) is 2.76. The molecule has 0 bridgehead atoms. The van der Waals surface area contributed by atoms with Gasteiger partial charge in [0.15, 0.2) is 0 Å². The minimum Gasteiger partial charge on any atom is -0.496 e. The topological polar surface area (TPSA) is 78.4 Å². The Labute approximate surface area is 89.1 Å². The zero-order valence-corrected chi connectivity index (χ0v) is 9.08. The van der Waals surface area contributed by atoms with Crippen LogP contribution in [0.3, 0.4) is 0 Å². The van der Waals surface area contributed by atoms with Crippen molar-refractivity contribution in [3.8, 4) is 5.75 Å². The smallest absolute Gasteiger partial charge is 0.274 e. The lowest BCUT2D eigenvalue weighted by atomic mass is 10.2. The van der Waals surface area contributed by atoms with Crippen LogP contribution in [0.15, 0.2) is 16.6 Å². The lowest BCUT2D eigenvalue weighted by Crippen LogP contribution is -2.02. The summed E-state index contributed by atoms with van der Waals surface area (Å²) in [7, 11) is 1.45. The van der Waals surface area contributed by atoms with E-state index < -0.39 is 4.92 Å². The van der Waals surface area contributed by atoms with Crippen LogP contribution >= 0.6 is 15.9 Å². The third kappa shape index (κ3) is 2.02. The first-order valence-electron chi connectivity index (χ1n) is 3.81. The SMILES string of the molecule is COc1cc([N+](=O)[O-])cc(Br)c1CN. The predicted molar refractivity (Wildman–Crippen MR) is 55.2 cm³/mol. The summed E-state index contributed by atoms with van der Waals surface area (Å²) in [5, 5.41) is 10.5. The highest BCUT2D eigenvalue weighted by Crippen LogP contribution is 2.31. The van der Waals surface area contributed by atoms with E-state index in [9.17, 15) is 10.1 Å². The highest BCUT2D eigenvalue weighted by Gasteiger charge is 2.14. The van der Waals surface area contributed by atoms with Crippen LogP contribution in [0.25, 0.3) is 0 Å². The lowest BCUT2D eigenvalue weighted by Gasteiger charge is -2.07. The van der Waals surface area contributed by atoms with Gasteiger partial charge in [0.2, 0.25) is 0 Å². The van der Waals surface area contributed by atoms with Crippen molar-refractivity contribution in [1.82, 2.24) is 0 Å². The first-order valence-corrected chi connectivity index (χ1v) is 4.60. The van der Waals surface area contributed by atoms with Crippen LogP contribution in [0.2, 0.25) is 0 Å². The van der Waals surface area contributed by atoms with Crippen molar-refractivity contribution in [2.24, 2.45) is 5.73 Å². The Bertz CT molecular complexity index is 368. The first kappa shape index (κ1) is 10.9. The van der Waals surface area contributed by atoms with Gasteiger partial charge in [0.25, 0.3) is 5.69 Å². The minimum atomic E-state index is -0.479. The number of hydrogen-bond donors (Lipinski definition) is 1. The second kappa shape index (κ2) is 4.39. The summed E-state index contributed by atoms with van der Waals surface area (Å²) in [6.45, 7) is 0.266. The molecule has 1 rings (SSSR count). The molecule has 76 valence electrons. The summed E-state index contributed by atoms with van der Waals surface area (Å²) in [5.41, 5.74) is 6.17. The molecule has 0 spiro atoms. The molecule has 5 nitrogen and oxygen atoms in total. The molecule has 0 radical (unpaired) electrons. The Morgan fingerprint density at radius 3 is 2.71 bits per heavy atom. The molecule has 0 aliphatic carbocycles. The standard InChI is InChI=1S/C8H9BrN2O3/c1-14-8-3-5(11(12)13)2-7(9)6(8)4-10/h2-3H,4,10H2,1H3. The van der Waals surface area contributed by atoms with Gasteiger partial charge >= 0.3 is 0 Å². The zero-order chi connectivity index (χ0) is 10.7. The van der Waals surface area contributed by atoms with E-state index in [0.717, 1.165) is 5.56 Å². The van der Waals surface area contributed by atoms with Gasteiger partial charge in [-0.05, 0) is 0 Å². The van der Waals surface area contributed by atoms with Crippen molar-refractivity contribution in [3.63, 3.8) is 0 Å². The summed E-state index contributed by atoms with van der Waals surface area (Å²) in [6.07, 6.45) is 0. The van der Waals surface area contributed by atoms with Crippen LogP contribution in [0.4, 0.5) is 5.69 Å². The van der Waals surface area contributed by atoms with E-state index in [1.54, 1.807) is 0 Å². The van der Waals surface area contributed by atoms with Crippen LogP contribution in [-0.4, -0.2) is 12.0 Å². The largest absolute Gasteiger partial charge is 0.496 e. The van der Waals surface area contributed by atoms with E-state index in [4.69, 9.17) is 10.5 Å². The van der Waals surface area contributed by atoms with E-state index in [-0.39, 0.29) is 12.2 Å². The van der Waals surface area contributed by atoms with E-state index >= 15 is 0 Å².